The van der Waals surface area contributed by atoms with E-state index in [4.69, 9.17) is 0 Å². The van der Waals surface area contributed by atoms with Gasteiger partial charge in [-0.25, -0.2) is 13.1 Å². The van der Waals surface area contributed by atoms with Crippen LogP contribution in [0.2, 0.25) is 0 Å². The smallest absolute Gasteiger partial charge is 0.241 e. The van der Waals surface area contributed by atoms with E-state index in [1.165, 1.54) is 0 Å². The highest BCUT2D eigenvalue weighted by Gasteiger charge is 2.19. The first-order chi connectivity index (χ1) is 10.7. The van der Waals surface area contributed by atoms with Crippen LogP contribution in [0, 0.1) is 27.7 Å². The zero-order valence-corrected chi connectivity index (χ0v) is 16.3. The second-order valence-corrected chi connectivity index (χ2v) is 8.36. The Hall–Kier alpha value is -1.18. The highest BCUT2D eigenvalue weighted by Crippen LogP contribution is 2.21. The maximum atomic E-state index is 12.5. The normalized spacial score (nSPS) is 11.9. The van der Waals surface area contributed by atoms with Gasteiger partial charge in [0.05, 0.1) is 15.1 Å². The van der Waals surface area contributed by atoms with Crippen molar-refractivity contribution >= 4 is 26.0 Å². The number of benzene rings is 1. The highest BCUT2D eigenvalue weighted by molar-refractivity contribution is 9.10. The van der Waals surface area contributed by atoms with Crippen LogP contribution in [-0.2, 0) is 16.6 Å². The molecule has 7 heteroatoms. The third-order valence-electron chi connectivity index (χ3n) is 3.62. The number of hydrogen-bond acceptors (Lipinski definition) is 3. The summed E-state index contributed by atoms with van der Waals surface area (Å²) < 4.78 is 30.5. The summed E-state index contributed by atoms with van der Waals surface area (Å²) in [5, 5.41) is 4.33. The molecule has 0 unspecified atom stereocenters. The van der Waals surface area contributed by atoms with Gasteiger partial charge in [-0.1, -0.05) is 17.7 Å². The third kappa shape index (κ3) is 4.43. The molecule has 0 saturated heterocycles. The Morgan fingerprint density at radius 1 is 1.17 bits per heavy atom. The van der Waals surface area contributed by atoms with E-state index in [1.807, 2.05) is 50.7 Å². The molecule has 0 aliphatic heterocycles. The molecule has 5 nitrogen and oxygen atoms in total. The first-order valence-corrected chi connectivity index (χ1v) is 9.75. The predicted octanol–water partition coefficient (Wildman–Crippen LogP) is 3.25. The second kappa shape index (κ2) is 7.15. The summed E-state index contributed by atoms with van der Waals surface area (Å²) in [6.07, 6.45) is 2.58. The van der Waals surface area contributed by atoms with Gasteiger partial charge in [0.2, 0.25) is 10.0 Å². The van der Waals surface area contributed by atoms with Crippen LogP contribution in [0.5, 0.6) is 0 Å². The van der Waals surface area contributed by atoms with Gasteiger partial charge in [0, 0.05) is 19.3 Å². The molecule has 0 atom stereocenters. The predicted molar refractivity (Wildman–Crippen MR) is 95.1 cm³/mol. The van der Waals surface area contributed by atoms with Crippen molar-refractivity contribution in [3.05, 3.63) is 45.2 Å². The van der Waals surface area contributed by atoms with E-state index in [-0.39, 0.29) is 0 Å². The molecule has 0 saturated carbocycles. The van der Waals surface area contributed by atoms with Gasteiger partial charge in [-0.3, -0.25) is 4.68 Å². The summed E-state index contributed by atoms with van der Waals surface area (Å²) in [6, 6.07) is 3.79. The summed E-state index contributed by atoms with van der Waals surface area (Å²) in [5.41, 5.74) is 3.55. The Bertz CT molecular complexity index is 770. The number of aromatic nitrogens is 2. The number of halogens is 1. The van der Waals surface area contributed by atoms with Crippen molar-refractivity contribution < 1.29 is 8.42 Å². The average molecular weight is 400 g/mol. The van der Waals surface area contributed by atoms with Gasteiger partial charge in [-0.2, -0.15) is 5.10 Å². The molecular weight excluding hydrogens is 378 g/mol. The third-order valence-corrected chi connectivity index (χ3v) is 6.16. The molecule has 1 N–H and O–H groups in total. The Morgan fingerprint density at radius 2 is 1.78 bits per heavy atom. The molecule has 1 aromatic carbocycles. The Labute approximate surface area is 146 Å². The summed E-state index contributed by atoms with van der Waals surface area (Å²) in [4.78, 5) is 0.390. The number of sulfonamides is 1. The van der Waals surface area contributed by atoms with E-state index in [2.05, 4.69) is 25.8 Å². The van der Waals surface area contributed by atoms with Gasteiger partial charge in [0.15, 0.2) is 0 Å². The minimum atomic E-state index is -3.48. The van der Waals surface area contributed by atoms with Crippen molar-refractivity contribution in [2.75, 3.05) is 6.54 Å². The molecule has 126 valence electrons. The van der Waals surface area contributed by atoms with E-state index in [0.717, 1.165) is 26.9 Å². The van der Waals surface area contributed by atoms with E-state index in [0.29, 0.717) is 24.4 Å². The quantitative estimate of drug-likeness (QED) is 0.758. The van der Waals surface area contributed by atoms with Crippen LogP contribution in [0.3, 0.4) is 0 Å². The van der Waals surface area contributed by atoms with E-state index >= 15 is 0 Å². The highest BCUT2D eigenvalue weighted by atomic mass is 79.9. The molecule has 0 aliphatic carbocycles. The lowest BCUT2D eigenvalue weighted by molar-refractivity contribution is 0.550. The Balaban J connectivity index is 1.99. The molecule has 23 heavy (non-hydrogen) atoms. The first-order valence-electron chi connectivity index (χ1n) is 7.48. The molecule has 0 aliphatic rings. The fourth-order valence-electron chi connectivity index (χ4n) is 2.72. The maximum absolute atomic E-state index is 12.5. The van der Waals surface area contributed by atoms with E-state index in [1.54, 1.807) is 0 Å². The Morgan fingerprint density at radius 3 is 2.30 bits per heavy atom. The van der Waals surface area contributed by atoms with Crippen molar-refractivity contribution in [2.24, 2.45) is 0 Å². The van der Waals surface area contributed by atoms with Crippen LogP contribution >= 0.6 is 15.9 Å². The molecule has 0 radical (unpaired) electrons. The zero-order valence-electron chi connectivity index (χ0n) is 13.9. The number of aryl methyl sites for hydroxylation is 5. The van der Waals surface area contributed by atoms with Crippen LogP contribution in [0.25, 0.3) is 0 Å². The number of nitrogens with one attached hydrogen (secondary N) is 1. The lowest BCUT2D eigenvalue weighted by Gasteiger charge is -2.13. The fourth-order valence-corrected chi connectivity index (χ4v) is 4.56. The molecule has 0 bridgehead atoms. The summed E-state index contributed by atoms with van der Waals surface area (Å²) >= 11 is 3.41. The number of nitrogens with zero attached hydrogens (tertiary/aromatic N) is 2. The van der Waals surface area contributed by atoms with Crippen molar-refractivity contribution in [2.45, 2.75) is 45.6 Å². The van der Waals surface area contributed by atoms with Gasteiger partial charge < -0.3 is 0 Å². The fraction of sp³-hybridized carbons (Fsp3) is 0.438. The SMILES string of the molecule is Cc1cc(C)c(S(=O)(=O)NCCCn2cc(Br)c(C)n2)c(C)c1. The summed E-state index contributed by atoms with van der Waals surface area (Å²) in [7, 11) is -3.48. The van der Waals surface area contributed by atoms with Crippen molar-refractivity contribution in [3.63, 3.8) is 0 Å². The monoisotopic (exact) mass is 399 g/mol. The lowest BCUT2D eigenvalue weighted by atomic mass is 10.1. The standard InChI is InChI=1S/C16H22BrN3O2S/c1-11-8-12(2)16(13(3)9-11)23(21,22)18-6-5-7-20-10-15(17)14(4)19-20/h8-10,18H,5-7H2,1-4H3. The molecule has 1 heterocycles. The van der Waals surface area contributed by atoms with Gasteiger partial charge in [0.25, 0.3) is 0 Å². The van der Waals surface area contributed by atoms with Crippen molar-refractivity contribution in [1.82, 2.24) is 14.5 Å². The summed E-state index contributed by atoms with van der Waals surface area (Å²) in [5.74, 6) is 0. The van der Waals surface area contributed by atoms with Gasteiger partial charge in [-0.05, 0) is 61.2 Å². The Kier molecular flexibility index (Phi) is 5.65. The summed E-state index contributed by atoms with van der Waals surface area (Å²) in [6.45, 7) is 8.60. The van der Waals surface area contributed by atoms with Gasteiger partial charge in [-0.15, -0.1) is 0 Å². The molecule has 0 fully saturated rings. The van der Waals surface area contributed by atoms with Crippen LogP contribution in [-0.4, -0.2) is 24.7 Å². The van der Waals surface area contributed by atoms with E-state index < -0.39 is 10.0 Å². The largest absolute Gasteiger partial charge is 0.271 e. The maximum Gasteiger partial charge on any atom is 0.241 e. The van der Waals surface area contributed by atoms with Crippen LogP contribution in [0.1, 0.15) is 28.8 Å². The molecule has 2 rings (SSSR count). The first kappa shape index (κ1) is 18.2. The van der Waals surface area contributed by atoms with Crippen LogP contribution in [0.4, 0.5) is 0 Å². The van der Waals surface area contributed by atoms with Crippen LogP contribution in [0.15, 0.2) is 27.7 Å². The van der Waals surface area contributed by atoms with Gasteiger partial charge >= 0.3 is 0 Å². The molecule has 2 aromatic rings. The molecular formula is C16H22BrN3O2S. The van der Waals surface area contributed by atoms with Crippen molar-refractivity contribution in [3.8, 4) is 0 Å². The van der Waals surface area contributed by atoms with Crippen LogP contribution < -0.4 is 4.72 Å². The minimum absolute atomic E-state index is 0.381. The average Bonchev–Trinajstić information content (AvgIpc) is 2.72. The molecule has 0 spiro atoms. The number of rotatable bonds is 6. The zero-order chi connectivity index (χ0) is 17.2. The number of hydrogen-bond donors (Lipinski definition) is 1. The topological polar surface area (TPSA) is 64.0 Å². The molecule has 0 amide bonds. The van der Waals surface area contributed by atoms with Crippen molar-refractivity contribution in [1.29, 1.82) is 0 Å². The lowest BCUT2D eigenvalue weighted by Crippen LogP contribution is -2.27. The van der Waals surface area contributed by atoms with Gasteiger partial charge in [0.1, 0.15) is 0 Å². The minimum Gasteiger partial charge on any atom is -0.271 e. The van der Waals surface area contributed by atoms with E-state index in [9.17, 15) is 8.42 Å². The second-order valence-electron chi connectivity index (χ2n) is 5.80. The molecule has 1 aromatic heterocycles.